The molecule has 2 rings (SSSR count). The van der Waals surface area contributed by atoms with E-state index in [4.69, 9.17) is 0 Å². The lowest BCUT2D eigenvalue weighted by atomic mass is 9.92. The number of carbonyl (C=O) groups is 1. The van der Waals surface area contributed by atoms with Crippen LogP contribution in [0, 0.1) is 12.8 Å². The van der Waals surface area contributed by atoms with Crippen LogP contribution < -0.4 is 0 Å². The molecule has 0 spiro atoms. The maximum atomic E-state index is 11.4. The van der Waals surface area contributed by atoms with Gasteiger partial charge in [0.1, 0.15) is 6.29 Å². The molecule has 0 atom stereocenters. The molecule has 2 heteroatoms. The van der Waals surface area contributed by atoms with E-state index in [1.807, 2.05) is 11.8 Å². The van der Waals surface area contributed by atoms with Gasteiger partial charge in [-0.3, -0.25) is 4.79 Å². The van der Waals surface area contributed by atoms with E-state index in [0.717, 1.165) is 41.9 Å². The summed E-state index contributed by atoms with van der Waals surface area (Å²) >= 11 is 1.82. The highest BCUT2D eigenvalue weighted by atomic mass is 32.2. The molecule has 0 N–H and O–H groups in total. The van der Waals surface area contributed by atoms with Crippen molar-refractivity contribution >= 4 is 23.6 Å². The molecule has 1 aromatic carbocycles. The molecular formula is C17H22OS. The van der Waals surface area contributed by atoms with Crippen molar-refractivity contribution in [3.8, 4) is 0 Å². The summed E-state index contributed by atoms with van der Waals surface area (Å²) in [5.74, 6) is 1.92. The number of rotatable bonds is 7. The van der Waals surface area contributed by atoms with E-state index in [1.54, 1.807) is 0 Å². The molecule has 1 aliphatic rings. The SMILES string of the molecule is CSCC/C=C(\C=O)c1cccc(C)c1CC1CC1. The Hall–Kier alpha value is -1.02. The van der Waals surface area contributed by atoms with Crippen molar-refractivity contribution in [3.63, 3.8) is 0 Å². The van der Waals surface area contributed by atoms with Gasteiger partial charge in [-0.25, -0.2) is 0 Å². The molecule has 1 fully saturated rings. The maximum Gasteiger partial charge on any atom is 0.150 e. The Kier molecular flexibility index (Phi) is 5.26. The van der Waals surface area contributed by atoms with E-state index < -0.39 is 0 Å². The fourth-order valence-electron chi connectivity index (χ4n) is 2.41. The van der Waals surface area contributed by atoms with Crippen molar-refractivity contribution in [2.75, 3.05) is 12.0 Å². The zero-order valence-corrected chi connectivity index (χ0v) is 12.6. The Morgan fingerprint density at radius 1 is 1.42 bits per heavy atom. The number of hydrogen-bond acceptors (Lipinski definition) is 2. The van der Waals surface area contributed by atoms with Crippen molar-refractivity contribution in [1.29, 1.82) is 0 Å². The average molecular weight is 274 g/mol. The molecule has 1 nitrogen and oxygen atoms in total. The van der Waals surface area contributed by atoms with Crippen molar-refractivity contribution in [1.82, 2.24) is 0 Å². The van der Waals surface area contributed by atoms with Gasteiger partial charge in [0.25, 0.3) is 0 Å². The number of allylic oxidation sites excluding steroid dienone is 2. The number of aldehydes is 1. The van der Waals surface area contributed by atoms with E-state index in [1.165, 1.54) is 24.0 Å². The monoisotopic (exact) mass is 274 g/mol. The molecule has 0 aliphatic heterocycles. The Morgan fingerprint density at radius 2 is 2.21 bits per heavy atom. The lowest BCUT2D eigenvalue weighted by Gasteiger charge is -2.12. The summed E-state index contributed by atoms with van der Waals surface area (Å²) in [4.78, 5) is 11.4. The van der Waals surface area contributed by atoms with Gasteiger partial charge in [-0.05, 0) is 67.2 Å². The summed E-state index contributed by atoms with van der Waals surface area (Å²) in [5.41, 5.74) is 4.73. The fraction of sp³-hybridized carbons (Fsp3) is 0.471. The fourth-order valence-corrected chi connectivity index (χ4v) is 2.76. The molecule has 19 heavy (non-hydrogen) atoms. The molecule has 102 valence electrons. The topological polar surface area (TPSA) is 17.1 Å². The van der Waals surface area contributed by atoms with Gasteiger partial charge >= 0.3 is 0 Å². The minimum atomic E-state index is 0.846. The predicted octanol–water partition coefficient (Wildman–Crippen LogP) is 4.28. The Bertz CT molecular complexity index is 472. The van der Waals surface area contributed by atoms with Crippen LogP contribution in [0.25, 0.3) is 5.57 Å². The second-order valence-corrected chi connectivity index (χ2v) is 6.29. The normalized spacial score (nSPS) is 15.6. The van der Waals surface area contributed by atoms with Gasteiger partial charge in [-0.15, -0.1) is 0 Å². The molecule has 0 amide bonds. The van der Waals surface area contributed by atoms with Crippen LogP contribution in [0.2, 0.25) is 0 Å². The molecule has 1 saturated carbocycles. The van der Waals surface area contributed by atoms with Crippen LogP contribution in [-0.2, 0) is 11.2 Å². The van der Waals surface area contributed by atoms with Gasteiger partial charge < -0.3 is 0 Å². The molecule has 0 radical (unpaired) electrons. The standard InChI is InChI=1S/C17H22OS/c1-13-5-3-7-16(17(13)11-14-8-9-14)15(12-18)6-4-10-19-2/h3,5-7,12,14H,4,8-11H2,1-2H3/b15-6+. The first-order valence-electron chi connectivity index (χ1n) is 6.99. The van der Waals surface area contributed by atoms with E-state index in [2.05, 4.69) is 37.5 Å². The van der Waals surface area contributed by atoms with Crippen LogP contribution in [0.4, 0.5) is 0 Å². The maximum absolute atomic E-state index is 11.4. The van der Waals surface area contributed by atoms with Gasteiger partial charge in [0, 0.05) is 5.57 Å². The summed E-state index contributed by atoms with van der Waals surface area (Å²) < 4.78 is 0. The van der Waals surface area contributed by atoms with E-state index in [0.29, 0.717) is 0 Å². The predicted molar refractivity (Wildman–Crippen MR) is 84.6 cm³/mol. The van der Waals surface area contributed by atoms with Crippen molar-refractivity contribution in [2.24, 2.45) is 5.92 Å². The second kappa shape index (κ2) is 6.95. The van der Waals surface area contributed by atoms with Crippen LogP contribution in [-0.4, -0.2) is 18.3 Å². The Labute approximate surface area is 120 Å². The zero-order chi connectivity index (χ0) is 13.7. The van der Waals surface area contributed by atoms with Gasteiger partial charge in [0.2, 0.25) is 0 Å². The quantitative estimate of drug-likeness (QED) is 0.419. The summed E-state index contributed by atoms with van der Waals surface area (Å²) in [5, 5.41) is 0. The van der Waals surface area contributed by atoms with Crippen molar-refractivity contribution in [2.45, 2.75) is 32.6 Å². The summed E-state index contributed by atoms with van der Waals surface area (Å²) in [7, 11) is 0. The third kappa shape index (κ3) is 3.97. The van der Waals surface area contributed by atoms with Crippen LogP contribution in [0.1, 0.15) is 36.0 Å². The van der Waals surface area contributed by atoms with Crippen molar-refractivity contribution < 1.29 is 4.79 Å². The Morgan fingerprint density at radius 3 is 2.84 bits per heavy atom. The largest absolute Gasteiger partial charge is 0.298 e. The molecule has 0 saturated heterocycles. The van der Waals surface area contributed by atoms with Gasteiger partial charge in [-0.2, -0.15) is 11.8 Å². The molecular weight excluding hydrogens is 252 g/mol. The highest BCUT2D eigenvalue weighted by Crippen LogP contribution is 2.35. The number of thioether (sulfide) groups is 1. The van der Waals surface area contributed by atoms with E-state index >= 15 is 0 Å². The zero-order valence-electron chi connectivity index (χ0n) is 11.8. The number of aryl methyl sites for hydroxylation is 1. The van der Waals surface area contributed by atoms with Gasteiger partial charge in [-0.1, -0.05) is 24.3 Å². The van der Waals surface area contributed by atoms with Crippen LogP contribution >= 0.6 is 11.8 Å². The third-order valence-corrected chi connectivity index (χ3v) is 4.37. The molecule has 0 bridgehead atoms. The molecule has 0 unspecified atom stereocenters. The van der Waals surface area contributed by atoms with E-state index in [-0.39, 0.29) is 0 Å². The van der Waals surface area contributed by atoms with E-state index in [9.17, 15) is 4.79 Å². The van der Waals surface area contributed by atoms with Gasteiger partial charge in [0.05, 0.1) is 0 Å². The molecule has 0 heterocycles. The van der Waals surface area contributed by atoms with Crippen LogP contribution in [0.5, 0.6) is 0 Å². The molecule has 1 aliphatic carbocycles. The van der Waals surface area contributed by atoms with Gasteiger partial charge in [0.15, 0.2) is 0 Å². The Balaban J connectivity index is 2.27. The minimum Gasteiger partial charge on any atom is -0.298 e. The molecule has 0 aromatic heterocycles. The summed E-state index contributed by atoms with van der Waals surface area (Å²) in [6.07, 6.45) is 10.0. The first-order valence-corrected chi connectivity index (χ1v) is 8.38. The van der Waals surface area contributed by atoms with Crippen LogP contribution in [0.15, 0.2) is 24.3 Å². The molecule has 1 aromatic rings. The summed E-state index contributed by atoms with van der Waals surface area (Å²) in [6, 6.07) is 6.32. The first-order chi connectivity index (χ1) is 9.26. The number of hydrogen-bond donors (Lipinski definition) is 0. The van der Waals surface area contributed by atoms with Crippen LogP contribution in [0.3, 0.4) is 0 Å². The second-order valence-electron chi connectivity index (χ2n) is 5.31. The highest BCUT2D eigenvalue weighted by Gasteiger charge is 2.24. The number of benzene rings is 1. The summed E-state index contributed by atoms with van der Waals surface area (Å²) in [6.45, 7) is 2.16. The lowest BCUT2D eigenvalue weighted by Crippen LogP contribution is -1.99. The first kappa shape index (κ1) is 14.4. The minimum absolute atomic E-state index is 0.846. The number of carbonyl (C=O) groups excluding carboxylic acids is 1. The lowest BCUT2D eigenvalue weighted by molar-refractivity contribution is -0.103. The third-order valence-electron chi connectivity index (χ3n) is 3.72. The average Bonchev–Trinajstić information content (AvgIpc) is 3.22. The van der Waals surface area contributed by atoms with Crippen molar-refractivity contribution in [3.05, 3.63) is 41.0 Å². The highest BCUT2D eigenvalue weighted by molar-refractivity contribution is 7.98. The smallest absolute Gasteiger partial charge is 0.150 e.